The van der Waals surface area contributed by atoms with Gasteiger partial charge in [0.1, 0.15) is 0 Å². The van der Waals surface area contributed by atoms with Crippen LogP contribution in [0.4, 0.5) is 0 Å². The van der Waals surface area contributed by atoms with Crippen LogP contribution in [-0.2, 0) is 4.79 Å². The third kappa shape index (κ3) is 7.31. The van der Waals surface area contributed by atoms with E-state index in [-0.39, 0.29) is 35.9 Å². The van der Waals surface area contributed by atoms with E-state index < -0.39 is 0 Å². The van der Waals surface area contributed by atoms with E-state index in [1.54, 1.807) is 0 Å². The second-order valence-electron chi connectivity index (χ2n) is 5.54. The Morgan fingerprint density at radius 1 is 1.45 bits per heavy atom. The number of hydrogen-bond acceptors (Lipinski definition) is 2. The molecule has 6 heteroatoms. The molecule has 0 aromatic carbocycles. The lowest BCUT2D eigenvalue weighted by molar-refractivity contribution is -0.121. The first-order valence-electron chi connectivity index (χ1n) is 7.37. The van der Waals surface area contributed by atoms with Gasteiger partial charge < -0.3 is 16.0 Å². The summed E-state index contributed by atoms with van der Waals surface area (Å²) in [5, 5.41) is 2.93. The lowest BCUT2D eigenvalue weighted by atomic mass is 10.00. The van der Waals surface area contributed by atoms with E-state index >= 15 is 0 Å². The smallest absolute Gasteiger partial charge is 0.222 e. The molecule has 5 nitrogen and oxygen atoms in total. The van der Waals surface area contributed by atoms with E-state index in [0.29, 0.717) is 18.9 Å². The molecule has 3 N–H and O–H groups in total. The highest BCUT2D eigenvalue weighted by Crippen LogP contribution is 2.15. The molecule has 0 aromatic rings. The third-order valence-electron chi connectivity index (χ3n) is 3.74. The summed E-state index contributed by atoms with van der Waals surface area (Å²) in [6.45, 7) is 8.76. The molecule has 1 rings (SSSR count). The third-order valence-corrected chi connectivity index (χ3v) is 3.74. The molecule has 0 bridgehead atoms. The number of piperidine rings is 1. The first kappa shape index (κ1) is 19.5. The number of aliphatic imine (C=N–C) groups is 1. The van der Waals surface area contributed by atoms with E-state index in [0.717, 1.165) is 25.4 Å². The molecule has 1 aliphatic heterocycles. The predicted molar refractivity (Wildman–Crippen MR) is 94.4 cm³/mol. The molecule has 20 heavy (non-hydrogen) atoms. The molecule has 1 amide bonds. The zero-order chi connectivity index (χ0) is 14.3. The Morgan fingerprint density at radius 3 is 2.60 bits per heavy atom. The van der Waals surface area contributed by atoms with Gasteiger partial charge in [-0.25, -0.2) is 0 Å². The van der Waals surface area contributed by atoms with Gasteiger partial charge in [-0.2, -0.15) is 0 Å². The number of nitrogens with zero attached hydrogens (tertiary/aromatic N) is 2. The zero-order valence-corrected chi connectivity index (χ0v) is 15.2. The lowest BCUT2D eigenvalue weighted by Gasteiger charge is -2.31. The van der Waals surface area contributed by atoms with E-state index in [4.69, 9.17) is 5.73 Å². The number of nitrogens with two attached hydrogens (primary N) is 1. The molecule has 0 radical (unpaired) electrons. The van der Waals surface area contributed by atoms with Crippen LogP contribution in [0.2, 0.25) is 0 Å². The van der Waals surface area contributed by atoms with Gasteiger partial charge in [0, 0.05) is 25.6 Å². The van der Waals surface area contributed by atoms with Gasteiger partial charge in [0.25, 0.3) is 0 Å². The van der Waals surface area contributed by atoms with Crippen LogP contribution in [0.5, 0.6) is 0 Å². The maximum Gasteiger partial charge on any atom is 0.222 e. The van der Waals surface area contributed by atoms with Crippen LogP contribution in [0.15, 0.2) is 4.99 Å². The Labute approximate surface area is 139 Å². The highest BCUT2D eigenvalue weighted by Gasteiger charge is 2.16. The van der Waals surface area contributed by atoms with Crippen molar-refractivity contribution in [3.8, 4) is 0 Å². The second kappa shape index (κ2) is 10.2. The molecule has 0 aromatic heterocycles. The highest BCUT2D eigenvalue weighted by atomic mass is 127. The topological polar surface area (TPSA) is 70.7 Å². The van der Waals surface area contributed by atoms with Crippen LogP contribution in [0, 0.1) is 5.92 Å². The average Bonchev–Trinajstić information content (AvgIpc) is 2.39. The quantitative estimate of drug-likeness (QED) is 0.424. The molecule has 118 valence electrons. The van der Waals surface area contributed by atoms with Crippen molar-refractivity contribution in [1.82, 2.24) is 10.2 Å². The van der Waals surface area contributed by atoms with E-state index in [1.165, 1.54) is 12.8 Å². The number of carbonyl (C=O) groups is 1. The van der Waals surface area contributed by atoms with Crippen molar-refractivity contribution in [2.75, 3.05) is 19.6 Å². The van der Waals surface area contributed by atoms with Crippen LogP contribution in [0.3, 0.4) is 0 Å². The number of hydrogen-bond donors (Lipinski definition) is 2. The monoisotopic (exact) mass is 396 g/mol. The number of carbonyl (C=O) groups excluding carboxylic acids is 1. The number of amides is 1. The summed E-state index contributed by atoms with van der Waals surface area (Å²) in [7, 11) is 0. The molecule has 1 heterocycles. The van der Waals surface area contributed by atoms with Gasteiger partial charge in [-0.1, -0.05) is 13.8 Å². The Bertz CT molecular complexity index is 314. The van der Waals surface area contributed by atoms with Gasteiger partial charge in [0.2, 0.25) is 5.91 Å². The predicted octanol–water partition coefficient (Wildman–Crippen LogP) is 1.96. The minimum absolute atomic E-state index is 0. The van der Waals surface area contributed by atoms with Gasteiger partial charge in [0.15, 0.2) is 5.96 Å². The van der Waals surface area contributed by atoms with Gasteiger partial charge in [0.05, 0.1) is 6.54 Å². The highest BCUT2D eigenvalue weighted by molar-refractivity contribution is 14.0. The van der Waals surface area contributed by atoms with Gasteiger partial charge >= 0.3 is 0 Å². The standard InChI is InChI=1S/C14H28N4O.HI/c1-4-12(3)17-13(19)5-8-16-14(15)18-9-6-11(2)7-10-18;/h11-12H,4-10H2,1-3H3,(H2,15,16)(H,17,19);1H. The average molecular weight is 396 g/mol. The number of rotatable bonds is 5. The molecule has 1 aliphatic rings. The molecule has 1 atom stereocenters. The number of likely N-dealkylation sites (tertiary alicyclic amines) is 1. The number of halogens is 1. The summed E-state index contributed by atoms with van der Waals surface area (Å²) in [5.41, 5.74) is 5.95. The van der Waals surface area contributed by atoms with E-state index in [2.05, 4.69) is 29.1 Å². The summed E-state index contributed by atoms with van der Waals surface area (Å²) < 4.78 is 0. The van der Waals surface area contributed by atoms with Gasteiger partial charge in [-0.3, -0.25) is 9.79 Å². The Kier molecular flexibility index (Phi) is 9.96. The van der Waals surface area contributed by atoms with Crippen molar-refractivity contribution < 1.29 is 4.79 Å². The van der Waals surface area contributed by atoms with E-state index in [1.807, 2.05) is 6.92 Å². The van der Waals surface area contributed by atoms with Crippen LogP contribution in [0.25, 0.3) is 0 Å². The lowest BCUT2D eigenvalue weighted by Crippen LogP contribution is -2.42. The van der Waals surface area contributed by atoms with Crippen molar-refractivity contribution >= 4 is 35.8 Å². The fourth-order valence-electron chi connectivity index (χ4n) is 2.06. The molecule has 1 unspecified atom stereocenters. The normalized spacial score (nSPS) is 18.4. The SMILES string of the molecule is CCC(C)NC(=O)CCN=C(N)N1CCC(C)CC1.I. The zero-order valence-electron chi connectivity index (χ0n) is 12.9. The summed E-state index contributed by atoms with van der Waals surface area (Å²) >= 11 is 0. The molecular formula is C14H29IN4O. The fraction of sp³-hybridized carbons (Fsp3) is 0.857. The first-order valence-corrected chi connectivity index (χ1v) is 7.37. The van der Waals surface area contributed by atoms with Crippen molar-refractivity contribution in [3.63, 3.8) is 0 Å². The molecule has 0 spiro atoms. The van der Waals surface area contributed by atoms with E-state index in [9.17, 15) is 4.79 Å². The van der Waals surface area contributed by atoms with Crippen LogP contribution in [0.1, 0.15) is 46.5 Å². The molecule has 1 fully saturated rings. The van der Waals surface area contributed by atoms with Crippen molar-refractivity contribution in [2.24, 2.45) is 16.6 Å². The molecule has 0 aliphatic carbocycles. The summed E-state index contributed by atoms with van der Waals surface area (Å²) in [6.07, 6.45) is 3.70. The maximum absolute atomic E-state index is 11.6. The Hall–Kier alpha value is -0.530. The van der Waals surface area contributed by atoms with Crippen LogP contribution < -0.4 is 11.1 Å². The van der Waals surface area contributed by atoms with Gasteiger partial charge in [-0.05, 0) is 32.1 Å². The van der Waals surface area contributed by atoms with Crippen LogP contribution >= 0.6 is 24.0 Å². The summed E-state index contributed by atoms with van der Waals surface area (Å²) in [4.78, 5) is 18.0. The number of guanidine groups is 1. The minimum atomic E-state index is 0. The molecule has 1 saturated heterocycles. The summed E-state index contributed by atoms with van der Waals surface area (Å²) in [5.74, 6) is 1.42. The molecular weight excluding hydrogens is 367 g/mol. The van der Waals surface area contributed by atoms with Crippen LogP contribution in [-0.4, -0.2) is 42.4 Å². The summed E-state index contributed by atoms with van der Waals surface area (Å²) in [6, 6.07) is 0.234. The molecule has 0 saturated carbocycles. The number of nitrogens with one attached hydrogen (secondary N) is 1. The van der Waals surface area contributed by atoms with Gasteiger partial charge in [-0.15, -0.1) is 24.0 Å². The largest absolute Gasteiger partial charge is 0.370 e. The Morgan fingerprint density at radius 2 is 2.05 bits per heavy atom. The fourth-order valence-corrected chi connectivity index (χ4v) is 2.06. The first-order chi connectivity index (χ1) is 9.02. The second-order valence-corrected chi connectivity index (χ2v) is 5.54. The van der Waals surface area contributed by atoms with Crippen molar-refractivity contribution in [2.45, 2.75) is 52.5 Å². The van der Waals surface area contributed by atoms with Crippen molar-refractivity contribution in [1.29, 1.82) is 0 Å². The van der Waals surface area contributed by atoms with Crippen molar-refractivity contribution in [3.05, 3.63) is 0 Å². The maximum atomic E-state index is 11.6. The minimum Gasteiger partial charge on any atom is -0.370 e. The Balaban J connectivity index is 0.00000361.